The zero-order valence-corrected chi connectivity index (χ0v) is 21.4. The average Bonchev–Trinajstić information content (AvgIpc) is 2.83. The molecule has 2 aromatic carbocycles. The molecule has 0 saturated heterocycles. The van der Waals surface area contributed by atoms with E-state index >= 15 is 0 Å². The van der Waals surface area contributed by atoms with Crippen molar-refractivity contribution in [2.75, 3.05) is 6.61 Å². The Kier molecular flexibility index (Phi) is 7.42. The first-order valence-corrected chi connectivity index (χ1v) is 14.0. The van der Waals surface area contributed by atoms with Gasteiger partial charge in [-0.05, 0) is 122 Å². The van der Waals surface area contributed by atoms with Crippen LogP contribution >= 0.6 is 0 Å². The highest BCUT2D eigenvalue weighted by Crippen LogP contribution is 2.60. The van der Waals surface area contributed by atoms with Crippen molar-refractivity contribution >= 4 is 11.9 Å². The zero-order chi connectivity index (χ0) is 23.4. The number of hydrogen-bond acceptors (Lipinski definition) is 2. The maximum absolute atomic E-state index is 5.94. The number of rotatable bonds is 11. The highest BCUT2D eigenvalue weighted by molar-refractivity contribution is 5.82. The lowest BCUT2D eigenvalue weighted by atomic mass is 9.48. The van der Waals surface area contributed by atoms with Gasteiger partial charge in [0.05, 0.1) is 12.3 Å². The summed E-state index contributed by atoms with van der Waals surface area (Å²) in [6.45, 7) is 5.27. The van der Waals surface area contributed by atoms with E-state index < -0.39 is 0 Å². The van der Waals surface area contributed by atoms with Crippen LogP contribution in [0, 0.1) is 24.7 Å². The average molecular weight is 458 g/mol. The molecular formula is C32H43NO. The fourth-order valence-electron chi connectivity index (χ4n) is 7.41. The van der Waals surface area contributed by atoms with E-state index in [2.05, 4.69) is 56.3 Å². The second-order valence-electron chi connectivity index (χ2n) is 11.6. The predicted molar refractivity (Wildman–Crippen MR) is 144 cm³/mol. The number of benzene rings is 2. The molecule has 4 fully saturated rings. The van der Waals surface area contributed by atoms with Gasteiger partial charge in [0.1, 0.15) is 5.75 Å². The van der Waals surface area contributed by atoms with Gasteiger partial charge in [0.2, 0.25) is 0 Å². The van der Waals surface area contributed by atoms with E-state index in [-0.39, 0.29) is 0 Å². The predicted octanol–water partition coefficient (Wildman–Crippen LogP) is 8.95. The van der Waals surface area contributed by atoms with Crippen molar-refractivity contribution in [1.82, 2.24) is 0 Å². The Morgan fingerprint density at radius 2 is 1.50 bits per heavy atom. The minimum Gasteiger partial charge on any atom is -0.494 e. The van der Waals surface area contributed by atoms with Crippen LogP contribution < -0.4 is 4.74 Å². The SMILES string of the molecule is CCCCCCCCOc1ccc(C=Nc2cc(C34CC5CC(CC(C5)C3)C4)ccc2C)cc1. The molecule has 2 nitrogen and oxygen atoms in total. The summed E-state index contributed by atoms with van der Waals surface area (Å²) in [4.78, 5) is 4.94. The lowest BCUT2D eigenvalue weighted by molar-refractivity contribution is -0.00517. The number of aryl methyl sites for hydroxylation is 1. The number of aliphatic imine (C=N–C) groups is 1. The Morgan fingerprint density at radius 1 is 0.853 bits per heavy atom. The molecule has 4 bridgehead atoms. The van der Waals surface area contributed by atoms with E-state index in [1.54, 1.807) is 5.56 Å². The van der Waals surface area contributed by atoms with Crippen LogP contribution in [0.3, 0.4) is 0 Å². The molecule has 0 N–H and O–H groups in total. The summed E-state index contributed by atoms with van der Waals surface area (Å²) in [5.74, 6) is 3.88. The van der Waals surface area contributed by atoms with Crippen LogP contribution in [-0.2, 0) is 5.41 Å². The van der Waals surface area contributed by atoms with Crippen molar-refractivity contribution in [3.8, 4) is 5.75 Å². The van der Waals surface area contributed by atoms with Crippen molar-refractivity contribution in [2.24, 2.45) is 22.7 Å². The monoisotopic (exact) mass is 457 g/mol. The molecule has 0 atom stereocenters. The van der Waals surface area contributed by atoms with E-state index in [9.17, 15) is 0 Å². The van der Waals surface area contributed by atoms with Gasteiger partial charge in [-0.25, -0.2) is 0 Å². The van der Waals surface area contributed by atoms with Gasteiger partial charge in [0.15, 0.2) is 0 Å². The molecule has 6 rings (SSSR count). The first-order chi connectivity index (χ1) is 16.6. The van der Waals surface area contributed by atoms with Gasteiger partial charge in [0.25, 0.3) is 0 Å². The molecule has 4 saturated carbocycles. The Bertz CT molecular complexity index is 938. The van der Waals surface area contributed by atoms with Gasteiger partial charge >= 0.3 is 0 Å². The molecule has 0 heterocycles. The molecule has 0 aliphatic heterocycles. The van der Waals surface area contributed by atoms with Crippen LogP contribution in [0.25, 0.3) is 0 Å². The Labute approximate surface area is 207 Å². The van der Waals surface area contributed by atoms with Crippen molar-refractivity contribution in [3.63, 3.8) is 0 Å². The zero-order valence-electron chi connectivity index (χ0n) is 21.4. The Hall–Kier alpha value is -2.09. The third-order valence-corrected chi connectivity index (χ3v) is 8.86. The standard InChI is InChI=1S/C32H43NO/c1-3-4-5-6-7-8-15-34-30-13-10-25(11-14-30)23-33-31-19-29(12-9-24(31)2)32-20-26-16-27(21-32)18-28(17-26)22-32/h9-14,19,23,26-28H,3-8,15-18,20-22H2,1-2H3. The lowest BCUT2D eigenvalue weighted by Crippen LogP contribution is -2.48. The summed E-state index contributed by atoms with van der Waals surface area (Å²) >= 11 is 0. The molecule has 0 radical (unpaired) electrons. The summed E-state index contributed by atoms with van der Waals surface area (Å²) < 4.78 is 5.94. The topological polar surface area (TPSA) is 21.6 Å². The van der Waals surface area contributed by atoms with E-state index in [0.717, 1.165) is 47.8 Å². The minimum atomic E-state index is 0.432. The summed E-state index contributed by atoms with van der Waals surface area (Å²) in [6.07, 6.45) is 18.5. The highest BCUT2D eigenvalue weighted by Gasteiger charge is 2.51. The third kappa shape index (κ3) is 5.42. The van der Waals surface area contributed by atoms with Gasteiger partial charge < -0.3 is 4.74 Å². The molecule has 2 heteroatoms. The quantitative estimate of drug-likeness (QED) is 0.244. The van der Waals surface area contributed by atoms with Crippen LogP contribution in [0.5, 0.6) is 5.75 Å². The molecule has 4 aliphatic carbocycles. The second kappa shape index (κ2) is 10.7. The molecule has 4 aliphatic rings. The number of ether oxygens (including phenoxy) is 1. The van der Waals surface area contributed by atoms with E-state index in [4.69, 9.17) is 9.73 Å². The maximum Gasteiger partial charge on any atom is 0.119 e. The van der Waals surface area contributed by atoms with Crippen LogP contribution in [0.15, 0.2) is 47.5 Å². The third-order valence-electron chi connectivity index (χ3n) is 8.86. The van der Waals surface area contributed by atoms with Crippen molar-refractivity contribution in [1.29, 1.82) is 0 Å². The van der Waals surface area contributed by atoms with E-state index in [1.807, 2.05) is 6.21 Å². The summed E-state index contributed by atoms with van der Waals surface area (Å²) in [5, 5.41) is 0. The van der Waals surface area contributed by atoms with Crippen LogP contribution in [0.1, 0.15) is 101 Å². The molecule has 34 heavy (non-hydrogen) atoms. The van der Waals surface area contributed by atoms with Gasteiger partial charge in [-0.15, -0.1) is 0 Å². The number of nitrogens with zero attached hydrogens (tertiary/aromatic N) is 1. The smallest absolute Gasteiger partial charge is 0.119 e. The van der Waals surface area contributed by atoms with Gasteiger partial charge in [-0.1, -0.05) is 51.2 Å². The molecule has 0 aromatic heterocycles. The molecule has 0 unspecified atom stereocenters. The summed E-state index contributed by atoms with van der Waals surface area (Å²) in [5.41, 5.74) is 5.52. The largest absolute Gasteiger partial charge is 0.494 e. The Morgan fingerprint density at radius 3 is 2.18 bits per heavy atom. The van der Waals surface area contributed by atoms with E-state index in [0.29, 0.717) is 5.41 Å². The summed E-state index contributed by atoms with van der Waals surface area (Å²) in [6, 6.07) is 15.5. The summed E-state index contributed by atoms with van der Waals surface area (Å²) in [7, 11) is 0. The molecule has 0 amide bonds. The number of hydrogen-bond donors (Lipinski definition) is 0. The van der Waals surface area contributed by atoms with Gasteiger partial charge in [-0.2, -0.15) is 0 Å². The molecule has 2 aromatic rings. The molecular weight excluding hydrogens is 414 g/mol. The van der Waals surface area contributed by atoms with Gasteiger partial charge in [0, 0.05) is 6.21 Å². The first-order valence-electron chi connectivity index (χ1n) is 14.0. The normalized spacial score (nSPS) is 27.5. The van der Waals surface area contributed by atoms with Gasteiger partial charge in [-0.3, -0.25) is 4.99 Å². The Balaban J connectivity index is 1.19. The molecule has 0 spiro atoms. The van der Waals surface area contributed by atoms with Crippen LogP contribution in [0.2, 0.25) is 0 Å². The first kappa shape index (κ1) is 23.6. The minimum absolute atomic E-state index is 0.432. The van der Waals surface area contributed by atoms with Crippen molar-refractivity contribution in [2.45, 2.75) is 96.3 Å². The number of unbranched alkanes of at least 4 members (excludes halogenated alkanes) is 5. The fraction of sp³-hybridized carbons (Fsp3) is 0.594. The maximum atomic E-state index is 5.94. The lowest BCUT2D eigenvalue weighted by Gasteiger charge is -2.57. The van der Waals surface area contributed by atoms with Crippen molar-refractivity contribution < 1.29 is 4.74 Å². The van der Waals surface area contributed by atoms with Crippen molar-refractivity contribution in [3.05, 3.63) is 59.2 Å². The van der Waals surface area contributed by atoms with Crippen LogP contribution in [-0.4, -0.2) is 12.8 Å². The second-order valence-corrected chi connectivity index (χ2v) is 11.6. The van der Waals surface area contributed by atoms with E-state index in [1.165, 1.54) is 76.2 Å². The van der Waals surface area contributed by atoms with Crippen LogP contribution in [0.4, 0.5) is 5.69 Å². The fourth-order valence-corrected chi connectivity index (χ4v) is 7.41. The molecule has 182 valence electrons. The highest BCUT2D eigenvalue weighted by atomic mass is 16.5.